The first-order valence-corrected chi connectivity index (χ1v) is 7.50. The normalized spacial score (nSPS) is 10.8. The second kappa shape index (κ2) is 6.28. The lowest BCUT2D eigenvalue weighted by molar-refractivity contribution is -0.117. The number of halogens is 1. The van der Waals surface area contributed by atoms with Gasteiger partial charge in [0.25, 0.3) is 0 Å². The van der Waals surface area contributed by atoms with Crippen LogP contribution in [0, 0.1) is 12.7 Å². The number of amides is 1. The summed E-state index contributed by atoms with van der Waals surface area (Å²) < 4.78 is 19.4. The van der Waals surface area contributed by atoms with Crippen molar-refractivity contribution in [2.75, 3.05) is 7.11 Å². The molecule has 0 radical (unpaired) electrons. The minimum Gasteiger partial charge on any atom is -0.497 e. The molecule has 0 aliphatic rings. The fraction of sp³-hybridized carbons (Fsp3) is 0.158. The number of ether oxygens (including phenoxy) is 1. The van der Waals surface area contributed by atoms with Crippen molar-refractivity contribution in [1.29, 1.82) is 0 Å². The van der Waals surface area contributed by atoms with Crippen LogP contribution in [-0.4, -0.2) is 18.0 Å². The first-order chi connectivity index (χ1) is 11.5. The number of carbonyl (C=O) groups excluding carboxylic acids is 1. The molecule has 1 amide bonds. The first-order valence-electron chi connectivity index (χ1n) is 7.50. The molecule has 0 unspecified atom stereocenters. The zero-order chi connectivity index (χ0) is 17.3. The highest BCUT2D eigenvalue weighted by atomic mass is 19.1. The van der Waals surface area contributed by atoms with E-state index in [0.29, 0.717) is 22.5 Å². The molecule has 2 N–H and O–H groups in total. The summed E-state index contributed by atoms with van der Waals surface area (Å²) in [5.74, 6) is -0.338. The number of fused-ring (bicyclic) bond motifs is 1. The average molecular weight is 324 g/mol. The van der Waals surface area contributed by atoms with Crippen LogP contribution in [0.1, 0.15) is 11.1 Å². The largest absolute Gasteiger partial charge is 0.497 e. The molecule has 1 aromatic heterocycles. The standard InChI is InChI=1S/C19H17FN2O2/c1-11-7-17(15-6-4-13(24-2)10-16(15)20)22-18-8-12(9-19(21)23)3-5-14(11)18/h3-8,10H,9H2,1-2H3,(H2,21,23). The molecule has 24 heavy (non-hydrogen) atoms. The van der Waals surface area contributed by atoms with Gasteiger partial charge in [0, 0.05) is 17.0 Å². The minimum absolute atomic E-state index is 0.151. The van der Waals surface area contributed by atoms with Gasteiger partial charge in [0.2, 0.25) is 5.91 Å². The van der Waals surface area contributed by atoms with Crippen molar-refractivity contribution in [2.45, 2.75) is 13.3 Å². The Morgan fingerprint density at radius 2 is 2.00 bits per heavy atom. The van der Waals surface area contributed by atoms with Gasteiger partial charge in [0.15, 0.2) is 0 Å². The fourth-order valence-corrected chi connectivity index (χ4v) is 2.73. The van der Waals surface area contributed by atoms with Crippen LogP contribution < -0.4 is 10.5 Å². The predicted molar refractivity (Wildman–Crippen MR) is 91.3 cm³/mol. The summed E-state index contributed by atoms with van der Waals surface area (Å²) in [5, 5.41) is 0.959. The van der Waals surface area contributed by atoms with Gasteiger partial charge < -0.3 is 10.5 Å². The minimum atomic E-state index is -0.400. The van der Waals surface area contributed by atoms with E-state index >= 15 is 0 Å². The summed E-state index contributed by atoms with van der Waals surface area (Å²) in [6.45, 7) is 1.95. The summed E-state index contributed by atoms with van der Waals surface area (Å²) >= 11 is 0. The van der Waals surface area contributed by atoms with Crippen molar-refractivity contribution in [3.8, 4) is 17.0 Å². The molecular weight excluding hydrogens is 307 g/mol. The van der Waals surface area contributed by atoms with E-state index in [1.165, 1.54) is 13.2 Å². The molecule has 0 spiro atoms. The summed E-state index contributed by atoms with van der Waals surface area (Å²) in [7, 11) is 1.49. The quantitative estimate of drug-likeness (QED) is 0.800. The Hall–Kier alpha value is -2.95. The van der Waals surface area contributed by atoms with Crippen molar-refractivity contribution in [1.82, 2.24) is 4.98 Å². The Kier molecular flexibility index (Phi) is 4.16. The molecule has 0 saturated heterocycles. The van der Waals surface area contributed by atoms with E-state index in [9.17, 15) is 9.18 Å². The maximum atomic E-state index is 14.3. The lowest BCUT2D eigenvalue weighted by Gasteiger charge is -2.10. The number of aromatic nitrogens is 1. The SMILES string of the molecule is COc1ccc(-c2cc(C)c3ccc(CC(N)=O)cc3n2)c(F)c1. The smallest absolute Gasteiger partial charge is 0.221 e. The van der Waals surface area contributed by atoms with Gasteiger partial charge in [-0.3, -0.25) is 4.79 Å². The van der Waals surface area contributed by atoms with Crippen LogP contribution >= 0.6 is 0 Å². The molecule has 4 nitrogen and oxygen atoms in total. The summed E-state index contributed by atoms with van der Waals surface area (Å²) in [6, 6.07) is 12.1. The number of hydrogen-bond acceptors (Lipinski definition) is 3. The van der Waals surface area contributed by atoms with E-state index in [0.717, 1.165) is 16.5 Å². The number of pyridine rings is 1. The summed E-state index contributed by atoms with van der Waals surface area (Å²) in [5.41, 5.74) is 8.66. The van der Waals surface area contributed by atoms with Crippen molar-refractivity contribution in [3.05, 3.63) is 59.4 Å². The van der Waals surface area contributed by atoms with Gasteiger partial charge in [0.05, 0.1) is 24.7 Å². The molecule has 3 rings (SSSR count). The number of primary amides is 1. The number of benzene rings is 2. The second-order valence-electron chi connectivity index (χ2n) is 5.66. The lowest BCUT2D eigenvalue weighted by atomic mass is 10.0. The number of methoxy groups -OCH3 is 1. The van der Waals surface area contributed by atoms with Gasteiger partial charge >= 0.3 is 0 Å². The van der Waals surface area contributed by atoms with Gasteiger partial charge in [-0.2, -0.15) is 0 Å². The summed E-state index contributed by atoms with van der Waals surface area (Å²) in [4.78, 5) is 15.7. The third kappa shape index (κ3) is 3.06. The molecule has 0 saturated carbocycles. The van der Waals surface area contributed by atoms with Crippen LogP contribution in [0.2, 0.25) is 0 Å². The van der Waals surface area contributed by atoms with Crippen molar-refractivity contribution >= 4 is 16.8 Å². The van der Waals surface area contributed by atoms with Crippen molar-refractivity contribution in [3.63, 3.8) is 0 Å². The number of carbonyl (C=O) groups is 1. The highest BCUT2D eigenvalue weighted by Gasteiger charge is 2.11. The maximum absolute atomic E-state index is 14.3. The number of aryl methyl sites for hydroxylation is 1. The van der Waals surface area contributed by atoms with Gasteiger partial charge in [-0.25, -0.2) is 9.37 Å². The number of nitrogens with zero attached hydrogens (tertiary/aromatic N) is 1. The van der Waals surface area contributed by atoms with Gasteiger partial charge in [-0.1, -0.05) is 12.1 Å². The van der Waals surface area contributed by atoms with E-state index in [1.807, 2.05) is 31.2 Å². The topological polar surface area (TPSA) is 65.2 Å². The zero-order valence-corrected chi connectivity index (χ0v) is 13.5. The average Bonchev–Trinajstić information content (AvgIpc) is 2.53. The van der Waals surface area contributed by atoms with Crippen LogP contribution in [0.5, 0.6) is 5.75 Å². The van der Waals surface area contributed by atoms with E-state index in [4.69, 9.17) is 10.5 Å². The highest BCUT2D eigenvalue weighted by Crippen LogP contribution is 2.28. The molecule has 0 atom stereocenters. The van der Waals surface area contributed by atoms with E-state index in [-0.39, 0.29) is 6.42 Å². The Morgan fingerprint density at radius 1 is 1.21 bits per heavy atom. The van der Waals surface area contributed by atoms with E-state index < -0.39 is 11.7 Å². The Balaban J connectivity index is 2.13. The molecule has 0 fully saturated rings. The summed E-state index contributed by atoms with van der Waals surface area (Å²) in [6.07, 6.45) is 0.151. The van der Waals surface area contributed by atoms with Crippen LogP contribution in [0.25, 0.3) is 22.2 Å². The Bertz CT molecular complexity index is 938. The van der Waals surface area contributed by atoms with Crippen molar-refractivity contribution in [2.24, 2.45) is 5.73 Å². The first kappa shape index (κ1) is 15.9. The second-order valence-corrected chi connectivity index (χ2v) is 5.66. The number of nitrogens with two attached hydrogens (primary N) is 1. The highest BCUT2D eigenvalue weighted by molar-refractivity contribution is 5.87. The van der Waals surface area contributed by atoms with E-state index in [1.54, 1.807) is 12.1 Å². The lowest BCUT2D eigenvalue weighted by Crippen LogP contribution is -2.13. The number of hydrogen-bond donors (Lipinski definition) is 1. The molecule has 0 aliphatic heterocycles. The van der Waals surface area contributed by atoms with Crippen LogP contribution in [0.4, 0.5) is 4.39 Å². The molecule has 3 aromatic rings. The molecule has 0 aliphatic carbocycles. The van der Waals surface area contributed by atoms with Gasteiger partial charge in [-0.05, 0) is 42.3 Å². The van der Waals surface area contributed by atoms with Crippen LogP contribution in [-0.2, 0) is 11.2 Å². The predicted octanol–water partition coefficient (Wildman–Crippen LogP) is 3.39. The molecule has 2 aromatic carbocycles. The Labute approximate surface area is 139 Å². The molecule has 122 valence electrons. The molecule has 5 heteroatoms. The van der Waals surface area contributed by atoms with Gasteiger partial charge in [-0.15, -0.1) is 0 Å². The Morgan fingerprint density at radius 3 is 2.67 bits per heavy atom. The van der Waals surface area contributed by atoms with Gasteiger partial charge in [0.1, 0.15) is 11.6 Å². The molecule has 0 bridgehead atoms. The van der Waals surface area contributed by atoms with E-state index in [2.05, 4.69) is 4.98 Å². The monoisotopic (exact) mass is 324 g/mol. The third-order valence-corrected chi connectivity index (χ3v) is 3.91. The zero-order valence-electron chi connectivity index (χ0n) is 13.5. The van der Waals surface area contributed by atoms with Crippen LogP contribution in [0.3, 0.4) is 0 Å². The molecule has 1 heterocycles. The molecular formula is C19H17FN2O2. The number of rotatable bonds is 4. The fourth-order valence-electron chi connectivity index (χ4n) is 2.73. The van der Waals surface area contributed by atoms with Crippen molar-refractivity contribution < 1.29 is 13.9 Å². The van der Waals surface area contributed by atoms with Crippen LogP contribution in [0.15, 0.2) is 42.5 Å². The maximum Gasteiger partial charge on any atom is 0.221 e. The third-order valence-electron chi connectivity index (χ3n) is 3.91.